The molecule has 1 saturated heterocycles. The first kappa shape index (κ1) is 26.1. The van der Waals surface area contributed by atoms with E-state index >= 15 is 0 Å². The van der Waals surface area contributed by atoms with Crippen LogP contribution >= 0.6 is 8.60 Å². The van der Waals surface area contributed by atoms with Crippen molar-refractivity contribution in [2.75, 3.05) is 26.9 Å². The second-order valence-corrected chi connectivity index (χ2v) is 8.32. The van der Waals surface area contributed by atoms with E-state index in [0.29, 0.717) is 30.1 Å². The minimum absolute atomic E-state index is 0.116. The highest BCUT2D eigenvalue weighted by Gasteiger charge is 2.41. The van der Waals surface area contributed by atoms with Crippen LogP contribution in [0.1, 0.15) is 41.0 Å². The van der Waals surface area contributed by atoms with Gasteiger partial charge >= 0.3 is 20.5 Å². The normalized spacial score (nSPS) is 19.7. The largest absolute Gasteiger partial charge is 0.497 e. The predicted molar refractivity (Wildman–Crippen MR) is 123 cm³/mol. The first-order valence-corrected chi connectivity index (χ1v) is 12.1. The number of esters is 2. The Bertz CT molecular complexity index is 900. The van der Waals surface area contributed by atoms with Gasteiger partial charge in [-0.2, -0.15) is 0 Å². The lowest BCUT2D eigenvalue weighted by atomic mass is 10.1. The summed E-state index contributed by atoms with van der Waals surface area (Å²) in [6.45, 7) is 4.37. The lowest BCUT2D eigenvalue weighted by Crippen LogP contribution is -2.32. The van der Waals surface area contributed by atoms with Crippen molar-refractivity contribution in [2.24, 2.45) is 0 Å². The number of carbonyl (C=O) groups excluding carboxylic acids is 2. The third-order valence-corrected chi connectivity index (χ3v) is 6.16. The van der Waals surface area contributed by atoms with Crippen LogP contribution in [0.2, 0.25) is 0 Å². The minimum atomic E-state index is -1.62. The van der Waals surface area contributed by atoms with Crippen LogP contribution in [0.3, 0.4) is 0 Å². The predicted octanol–water partition coefficient (Wildman–Crippen LogP) is 4.51. The quantitative estimate of drug-likeness (QED) is 0.313. The maximum absolute atomic E-state index is 12.7. The standard InChI is InChI=1S/C24H29O9P/c1-4-29-34(30-5-2)33-22-15-20(32-24(26)18-11-13-19(27-3)14-12-18)21(31-22)16-28-23(25)17-9-7-6-8-10-17/h6-14,20-22H,4-5,15-16H2,1-3H3/t20-,21+,22?/m0/s1. The molecule has 184 valence electrons. The highest BCUT2D eigenvalue weighted by molar-refractivity contribution is 7.41. The summed E-state index contributed by atoms with van der Waals surface area (Å²) in [6, 6.07) is 15.2. The van der Waals surface area contributed by atoms with Crippen molar-refractivity contribution in [1.29, 1.82) is 0 Å². The second kappa shape index (κ2) is 13.4. The van der Waals surface area contributed by atoms with Gasteiger partial charge in [-0.15, -0.1) is 0 Å². The molecule has 1 heterocycles. The maximum atomic E-state index is 12.7. The number of carbonyl (C=O) groups is 2. The topological polar surface area (TPSA) is 98.8 Å². The van der Waals surface area contributed by atoms with Crippen LogP contribution in [0.4, 0.5) is 0 Å². The fourth-order valence-corrected chi connectivity index (χ4v) is 4.12. The van der Waals surface area contributed by atoms with Crippen LogP contribution in [0.15, 0.2) is 54.6 Å². The molecule has 0 aliphatic carbocycles. The Labute approximate surface area is 200 Å². The van der Waals surface area contributed by atoms with Gasteiger partial charge in [0, 0.05) is 6.42 Å². The summed E-state index contributed by atoms with van der Waals surface area (Å²) in [4.78, 5) is 25.1. The molecule has 0 N–H and O–H groups in total. The molecule has 0 aromatic heterocycles. The third-order valence-electron chi connectivity index (χ3n) is 4.81. The lowest BCUT2D eigenvalue weighted by Gasteiger charge is -2.20. The van der Waals surface area contributed by atoms with E-state index in [0.717, 1.165) is 0 Å². The fraction of sp³-hybridized carbons (Fsp3) is 0.417. The van der Waals surface area contributed by atoms with Crippen molar-refractivity contribution in [1.82, 2.24) is 0 Å². The van der Waals surface area contributed by atoms with Gasteiger partial charge in [0.2, 0.25) is 0 Å². The second-order valence-electron chi connectivity index (χ2n) is 7.14. The molecule has 0 bridgehead atoms. The van der Waals surface area contributed by atoms with E-state index in [4.69, 9.17) is 32.5 Å². The molecule has 0 spiro atoms. The molecule has 0 saturated carbocycles. The summed E-state index contributed by atoms with van der Waals surface area (Å²) < 4.78 is 38.9. The van der Waals surface area contributed by atoms with Gasteiger partial charge in [-0.3, -0.25) is 4.52 Å². The molecule has 9 nitrogen and oxygen atoms in total. The molecular formula is C24H29O9P. The Kier molecular flexibility index (Phi) is 10.2. The van der Waals surface area contributed by atoms with Gasteiger partial charge in [-0.25, -0.2) is 9.59 Å². The maximum Gasteiger partial charge on any atom is 0.338 e. The zero-order chi connectivity index (χ0) is 24.3. The zero-order valence-corrected chi connectivity index (χ0v) is 20.3. The highest BCUT2D eigenvalue weighted by atomic mass is 31.2. The molecule has 3 rings (SSSR count). The Balaban J connectivity index is 1.66. The van der Waals surface area contributed by atoms with E-state index in [-0.39, 0.29) is 13.0 Å². The Hall–Kier alpha value is -2.55. The molecule has 1 unspecified atom stereocenters. The van der Waals surface area contributed by atoms with Crippen molar-refractivity contribution in [2.45, 2.75) is 38.8 Å². The molecular weight excluding hydrogens is 463 g/mol. The van der Waals surface area contributed by atoms with Gasteiger partial charge < -0.3 is 28.0 Å². The van der Waals surface area contributed by atoms with Crippen LogP contribution in [0.25, 0.3) is 0 Å². The zero-order valence-electron chi connectivity index (χ0n) is 19.4. The fourth-order valence-electron chi connectivity index (χ4n) is 3.17. The first-order chi connectivity index (χ1) is 16.5. The van der Waals surface area contributed by atoms with Crippen LogP contribution in [0.5, 0.6) is 5.75 Å². The average molecular weight is 492 g/mol. The summed E-state index contributed by atoms with van der Waals surface area (Å²) in [5, 5.41) is 0. The van der Waals surface area contributed by atoms with Gasteiger partial charge in [-0.1, -0.05) is 18.2 Å². The van der Waals surface area contributed by atoms with E-state index in [1.807, 2.05) is 19.9 Å². The average Bonchev–Trinajstić information content (AvgIpc) is 3.24. The number of methoxy groups -OCH3 is 1. The van der Waals surface area contributed by atoms with Gasteiger partial charge in [0.05, 0.1) is 31.5 Å². The molecule has 3 atom stereocenters. The van der Waals surface area contributed by atoms with Crippen molar-refractivity contribution in [3.8, 4) is 5.75 Å². The summed E-state index contributed by atoms with van der Waals surface area (Å²) in [7, 11) is -0.0792. The SMILES string of the molecule is CCOP(OCC)OC1C[C@H](OC(=O)c2ccc(OC)cc2)[C@@H](COC(=O)c2ccccc2)O1. The number of benzene rings is 2. The van der Waals surface area contributed by atoms with Crippen molar-refractivity contribution in [3.05, 3.63) is 65.7 Å². The monoisotopic (exact) mass is 492 g/mol. The number of rotatable bonds is 12. The molecule has 0 amide bonds. The highest BCUT2D eigenvalue weighted by Crippen LogP contribution is 2.43. The molecule has 1 aliphatic heterocycles. The molecule has 0 radical (unpaired) electrons. The van der Waals surface area contributed by atoms with Gasteiger partial charge in [0.1, 0.15) is 24.6 Å². The molecule has 2 aromatic rings. The van der Waals surface area contributed by atoms with Crippen LogP contribution < -0.4 is 4.74 Å². The third kappa shape index (κ3) is 7.48. The van der Waals surface area contributed by atoms with E-state index < -0.39 is 39.0 Å². The molecule has 1 aliphatic rings. The number of hydrogen-bond donors (Lipinski definition) is 0. The summed E-state index contributed by atoms with van der Waals surface area (Å²) in [5.74, 6) is -0.409. The number of hydrogen-bond acceptors (Lipinski definition) is 9. The molecule has 2 aromatic carbocycles. The van der Waals surface area contributed by atoms with Gasteiger partial charge in [0.15, 0.2) is 6.29 Å². The van der Waals surface area contributed by atoms with Crippen molar-refractivity contribution in [3.63, 3.8) is 0 Å². The van der Waals surface area contributed by atoms with Gasteiger partial charge in [0.25, 0.3) is 0 Å². The van der Waals surface area contributed by atoms with Crippen LogP contribution in [0, 0.1) is 0 Å². The van der Waals surface area contributed by atoms with Gasteiger partial charge in [-0.05, 0) is 50.2 Å². The number of ether oxygens (including phenoxy) is 4. The first-order valence-electron chi connectivity index (χ1n) is 11.0. The van der Waals surface area contributed by atoms with Crippen LogP contribution in [-0.4, -0.2) is 57.4 Å². The van der Waals surface area contributed by atoms with Crippen LogP contribution in [-0.2, 0) is 27.8 Å². The van der Waals surface area contributed by atoms with E-state index in [1.165, 1.54) is 0 Å². The Morgan fingerprint density at radius 3 is 2.21 bits per heavy atom. The van der Waals surface area contributed by atoms with Crippen molar-refractivity contribution >= 4 is 20.5 Å². The summed E-state index contributed by atoms with van der Waals surface area (Å²) in [6.07, 6.45) is -1.95. The minimum Gasteiger partial charge on any atom is -0.497 e. The molecule has 34 heavy (non-hydrogen) atoms. The Morgan fingerprint density at radius 1 is 0.941 bits per heavy atom. The smallest absolute Gasteiger partial charge is 0.338 e. The lowest BCUT2D eigenvalue weighted by molar-refractivity contribution is -0.103. The summed E-state index contributed by atoms with van der Waals surface area (Å²) >= 11 is 0. The molecule has 10 heteroatoms. The molecule has 1 fully saturated rings. The Morgan fingerprint density at radius 2 is 1.59 bits per heavy atom. The van der Waals surface area contributed by atoms with Crippen molar-refractivity contribution < 1.29 is 42.1 Å². The summed E-state index contributed by atoms with van der Waals surface area (Å²) in [5.41, 5.74) is 0.771. The van der Waals surface area contributed by atoms with E-state index in [1.54, 1.807) is 55.6 Å². The van der Waals surface area contributed by atoms with E-state index in [9.17, 15) is 9.59 Å². The van der Waals surface area contributed by atoms with E-state index in [2.05, 4.69) is 0 Å².